The maximum absolute atomic E-state index is 12.6. The fourth-order valence-corrected chi connectivity index (χ4v) is 2.93. The van der Waals surface area contributed by atoms with Crippen LogP contribution in [0.5, 0.6) is 0 Å². The molecule has 106 valence electrons. The van der Waals surface area contributed by atoms with E-state index in [2.05, 4.69) is 12.1 Å². The summed E-state index contributed by atoms with van der Waals surface area (Å²) in [4.78, 5) is 22.9. The third-order valence-electron chi connectivity index (χ3n) is 4.06. The Labute approximate surface area is 122 Å². The molecule has 2 aromatic rings. The number of ketones is 1. The van der Waals surface area contributed by atoms with E-state index in [0.29, 0.717) is 5.56 Å². The van der Waals surface area contributed by atoms with Gasteiger partial charge in [0, 0.05) is 23.6 Å². The van der Waals surface area contributed by atoms with E-state index in [1.807, 2.05) is 12.1 Å². The number of Topliss-reactive ketones (excluding diaryl/α,β-unsaturated/α-hetero) is 1. The van der Waals surface area contributed by atoms with Gasteiger partial charge < -0.3 is 0 Å². The highest BCUT2D eigenvalue weighted by Crippen LogP contribution is 2.28. The Hall–Kier alpha value is -2.49. The molecule has 0 heterocycles. The van der Waals surface area contributed by atoms with E-state index in [9.17, 15) is 14.9 Å². The number of rotatable bonds is 3. The summed E-state index contributed by atoms with van der Waals surface area (Å²) in [5.74, 6) is -0.0740. The van der Waals surface area contributed by atoms with Gasteiger partial charge in [-0.15, -0.1) is 0 Å². The Kier molecular flexibility index (Phi) is 3.52. The van der Waals surface area contributed by atoms with Gasteiger partial charge in [0.25, 0.3) is 5.69 Å². The summed E-state index contributed by atoms with van der Waals surface area (Å²) in [5, 5.41) is 10.8. The van der Waals surface area contributed by atoms with E-state index in [1.54, 1.807) is 12.1 Å². The maximum atomic E-state index is 12.6. The van der Waals surface area contributed by atoms with Crippen LogP contribution in [0.15, 0.2) is 48.5 Å². The van der Waals surface area contributed by atoms with Gasteiger partial charge in [-0.05, 0) is 30.4 Å². The molecule has 0 aromatic heterocycles. The Balaban J connectivity index is 1.84. The number of nitro benzene ring substituents is 1. The second kappa shape index (κ2) is 5.48. The van der Waals surface area contributed by atoms with Gasteiger partial charge in [0.1, 0.15) is 0 Å². The van der Waals surface area contributed by atoms with E-state index in [0.717, 1.165) is 19.3 Å². The first-order chi connectivity index (χ1) is 10.1. The molecule has 0 spiro atoms. The van der Waals surface area contributed by atoms with Crippen LogP contribution in [0.25, 0.3) is 0 Å². The van der Waals surface area contributed by atoms with Crippen molar-refractivity contribution < 1.29 is 9.72 Å². The van der Waals surface area contributed by atoms with Gasteiger partial charge >= 0.3 is 0 Å². The number of benzene rings is 2. The number of carbonyl (C=O) groups is 1. The highest BCUT2D eigenvalue weighted by molar-refractivity contribution is 5.98. The first kappa shape index (κ1) is 13.5. The van der Waals surface area contributed by atoms with E-state index < -0.39 is 4.92 Å². The molecule has 1 atom stereocenters. The van der Waals surface area contributed by atoms with Crippen LogP contribution in [-0.4, -0.2) is 10.7 Å². The largest absolute Gasteiger partial charge is 0.294 e. The third kappa shape index (κ3) is 2.70. The molecule has 3 rings (SSSR count). The van der Waals surface area contributed by atoms with Crippen molar-refractivity contribution in [3.63, 3.8) is 0 Å². The lowest BCUT2D eigenvalue weighted by Gasteiger charge is -2.23. The average Bonchev–Trinajstić information content (AvgIpc) is 2.53. The Morgan fingerprint density at radius 2 is 1.86 bits per heavy atom. The summed E-state index contributed by atoms with van der Waals surface area (Å²) in [6, 6.07) is 14.2. The van der Waals surface area contributed by atoms with Gasteiger partial charge in [-0.3, -0.25) is 14.9 Å². The summed E-state index contributed by atoms with van der Waals surface area (Å²) in [5.41, 5.74) is 2.93. The summed E-state index contributed by atoms with van der Waals surface area (Å²) in [7, 11) is 0. The number of hydrogen-bond donors (Lipinski definition) is 0. The molecule has 0 amide bonds. The van der Waals surface area contributed by atoms with Crippen molar-refractivity contribution >= 4 is 11.5 Å². The zero-order valence-corrected chi connectivity index (χ0v) is 11.5. The number of aryl methyl sites for hydroxylation is 1. The normalized spacial score (nSPS) is 17.0. The smallest absolute Gasteiger partial charge is 0.270 e. The van der Waals surface area contributed by atoms with Crippen LogP contribution in [0, 0.1) is 16.0 Å². The molecule has 4 nitrogen and oxygen atoms in total. The zero-order valence-electron chi connectivity index (χ0n) is 11.5. The fraction of sp³-hybridized carbons (Fsp3) is 0.235. The van der Waals surface area contributed by atoms with Crippen molar-refractivity contribution in [3.05, 3.63) is 75.3 Å². The molecule has 0 saturated carbocycles. The monoisotopic (exact) mass is 281 g/mol. The van der Waals surface area contributed by atoms with Gasteiger partial charge in [0.05, 0.1) is 4.92 Å². The number of nitro groups is 1. The minimum absolute atomic E-state index is 0.00760. The zero-order chi connectivity index (χ0) is 14.8. The molecule has 0 aliphatic heterocycles. The Bertz CT molecular complexity index is 709. The Morgan fingerprint density at radius 3 is 2.62 bits per heavy atom. The van der Waals surface area contributed by atoms with E-state index in [4.69, 9.17) is 0 Å². The number of fused-ring (bicyclic) bond motifs is 1. The molecule has 0 bridgehead atoms. The van der Waals surface area contributed by atoms with Crippen molar-refractivity contribution in [2.45, 2.75) is 19.3 Å². The SMILES string of the molecule is O=C(c1cccc([N+](=O)[O-])c1)C1CCc2ccccc2C1. The van der Waals surface area contributed by atoms with Crippen molar-refractivity contribution in [2.75, 3.05) is 0 Å². The molecule has 1 unspecified atom stereocenters. The van der Waals surface area contributed by atoms with Gasteiger partial charge in [0.15, 0.2) is 5.78 Å². The molecule has 0 fully saturated rings. The van der Waals surface area contributed by atoms with Crippen molar-refractivity contribution in [1.29, 1.82) is 0 Å². The molecule has 1 aliphatic carbocycles. The predicted molar refractivity (Wildman–Crippen MR) is 79.4 cm³/mol. The maximum Gasteiger partial charge on any atom is 0.270 e. The van der Waals surface area contributed by atoms with Crippen LogP contribution in [-0.2, 0) is 12.8 Å². The summed E-state index contributed by atoms with van der Waals surface area (Å²) >= 11 is 0. The first-order valence-electron chi connectivity index (χ1n) is 7.00. The Morgan fingerprint density at radius 1 is 1.10 bits per heavy atom. The molecule has 4 heteroatoms. The highest BCUT2D eigenvalue weighted by Gasteiger charge is 2.26. The lowest BCUT2D eigenvalue weighted by Crippen LogP contribution is -2.22. The molecule has 0 N–H and O–H groups in total. The number of non-ortho nitro benzene ring substituents is 1. The van der Waals surface area contributed by atoms with Gasteiger partial charge in [0.2, 0.25) is 0 Å². The second-order valence-electron chi connectivity index (χ2n) is 5.38. The fourth-order valence-electron chi connectivity index (χ4n) is 2.93. The molecule has 1 aliphatic rings. The summed E-state index contributed by atoms with van der Waals surface area (Å²) < 4.78 is 0. The van der Waals surface area contributed by atoms with Crippen LogP contribution in [0.3, 0.4) is 0 Å². The predicted octanol–water partition coefficient (Wildman–Crippen LogP) is 3.58. The number of nitrogens with zero attached hydrogens (tertiary/aromatic N) is 1. The van der Waals surface area contributed by atoms with Crippen LogP contribution in [0.2, 0.25) is 0 Å². The van der Waals surface area contributed by atoms with E-state index in [1.165, 1.54) is 23.3 Å². The summed E-state index contributed by atoms with van der Waals surface area (Å²) in [6.45, 7) is 0. The van der Waals surface area contributed by atoms with E-state index in [-0.39, 0.29) is 17.4 Å². The minimum Gasteiger partial charge on any atom is -0.294 e. The summed E-state index contributed by atoms with van der Waals surface area (Å²) in [6.07, 6.45) is 2.41. The number of carbonyl (C=O) groups excluding carboxylic acids is 1. The van der Waals surface area contributed by atoms with E-state index >= 15 is 0 Å². The average molecular weight is 281 g/mol. The lowest BCUT2D eigenvalue weighted by molar-refractivity contribution is -0.384. The van der Waals surface area contributed by atoms with Crippen molar-refractivity contribution in [3.8, 4) is 0 Å². The molecule has 0 radical (unpaired) electrons. The first-order valence-corrected chi connectivity index (χ1v) is 7.00. The lowest BCUT2D eigenvalue weighted by atomic mass is 9.80. The van der Waals surface area contributed by atoms with Gasteiger partial charge in [-0.25, -0.2) is 0 Å². The van der Waals surface area contributed by atoms with Gasteiger partial charge in [-0.1, -0.05) is 36.4 Å². The molecule has 21 heavy (non-hydrogen) atoms. The van der Waals surface area contributed by atoms with Crippen molar-refractivity contribution in [1.82, 2.24) is 0 Å². The molecular formula is C17H15NO3. The van der Waals surface area contributed by atoms with Crippen LogP contribution < -0.4 is 0 Å². The van der Waals surface area contributed by atoms with Gasteiger partial charge in [-0.2, -0.15) is 0 Å². The second-order valence-corrected chi connectivity index (χ2v) is 5.38. The van der Waals surface area contributed by atoms with Crippen LogP contribution >= 0.6 is 0 Å². The quantitative estimate of drug-likeness (QED) is 0.491. The van der Waals surface area contributed by atoms with Crippen LogP contribution in [0.1, 0.15) is 27.9 Å². The highest BCUT2D eigenvalue weighted by atomic mass is 16.6. The third-order valence-corrected chi connectivity index (χ3v) is 4.06. The topological polar surface area (TPSA) is 60.2 Å². The standard InChI is InChI=1S/C17H15NO3/c19-17(14-6-3-7-16(11-14)18(20)21)15-9-8-12-4-1-2-5-13(12)10-15/h1-7,11,15H,8-10H2. The van der Waals surface area contributed by atoms with Crippen molar-refractivity contribution in [2.24, 2.45) is 5.92 Å². The number of hydrogen-bond acceptors (Lipinski definition) is 3. The molecule has 2 aromatic carbocycles. The minimum atomic E-state index is -0.465. The molecular weight excluding hydrogens is 266 g/mol. The van der Waals surface area contributed by atoms with Crippen LogP contribution in [0.4, 0.5) is 5.69 Å². The molecule has 0 saturated heterocycles.